The Morgan fingerprint density at radius 3 is 2.86 bits per heavy atom. The van der Waals surface area contributed by atoms with Crippen molar-refractivity contribution in [1.82, 2.24) is 0 Å². The second-order valence-electron chi connectivity index (χ2n) is 5.33. The van der Waals surface area contributed by atoms with Gasteiger partial charge in [-0.1, -0.05) is 11.6 Å². The van der Waals surface area contributed by atoms with Crippen molar-refractivity contribution in [2.75, 3.05) is 10.8 Å². The van der Waals surface area contributed by atoms with Crippen molar-refractivity contribution in [1.29, 1.82) is 0 Å². The number of hydrogen-bond donors (Lipinski definition) is 0. The Morgan fingerprint density at radius 1 is 1.23 bits per heavy atom. The number of rotatable bonds is 1. The third kappa shape index (κ3) is 2.47. The summed E-state index contributed by atoms with van der Waals surface area (Å²) < 4.78 is 1.31. The van der Waals surface area contributed by atoms with Gasteiger partial charge in [0.05, 0.1) is 15.6 Å². The van der Waals surface area contributed by atoms with Crippen LogP contribution in [0.25, 0.3) is 0 Å². The summed E-state index contributed by atoms with van der Waals surface area (Å²) >= 11 is 9.56. The van der Waals surface area contributed by atoms with E-state index in [4.69, 9.17) is 16.7 Å². The van der Waals surface area contributed by atoms with Crippen LogP contribution in [0.1, 0.15) is 18.4 Å². The molecule has 0 aliphatic carbocycles. The van der Waals surface area contributed by atoms with Gasteiger partial charge in [0, 0.05) is 22.9 Å². The average Bonchev–Trinajstić information content (AvgIpc) is 2.91. The molecular formula is C16H13ClN2OS2. The summed E-state index contributed by atoms with van der Waals surface area (Å²) in [4.78, 5) is 12.5. The second-order valence-corrected chi connectivity index (χ2v) is 8.04. The molecule has 0 fully saturated rings. The topological polar surface area (TPSA) is 32.7 Å². The van der Waals surface area contributed by atoms with Crippen LogP contribution in [0.5, 0.6) is 0 Å². The third-order valence-electron chi connectivity index (χ3n) is 3.93. The molecule has 2 aliphatic rings. The van der Waals surface area contributed by atoms with Crippen molar-refractivity contribution in [3.05, 3.63) is 46.3 Å². The molecule has 0 saturated heterocycles. The number of carbonyl (C=O) groups is 1. The fraction of sp³-hybridized carbons (Fsp3) is 0.250. The number of nitrogens with zero attached hydrogens (tertiary/aromatic N) is 2. The van der Waals surface area contributed by atoms with E-state index in [1.165, 1.54) is 14.8 Å². The van der Waals surface area contributed by atoms with Gasteiger partial charge in [-0.15, -0.1) is 23.1 Å². The molecule has 0 saturated carbocycles. The maximum absolute atomic E-state index is 12.5. The van der Waals surface area contributed by atoms with Crippen LogP contribution >= 0.6 is 34.7 Å². The SMILES string of the molecule is O=C1CC2CCSc3sccc3C2=NN1c1ccc(Cl)cc1. The first-order valence-electron chi connectivity index (χ1n) is 7.10. The highest BCUT2D eigenvalue weighted by molar-refractivity contribution is 8.01. The van der Waals surface area contributed by atoms with Crippen LogP contribution in [0.4, 0.5) is 5.69 Å². The molecule has 1 atom stereocenters. The van der Waals surface area contributed by atoms with Gasteiger partial charge in [0.15, 0.2) is 0 Å². The first kappa shape index (κ1) is 14.3. The van der Waals surface area contributed by atoms with E-state index >= 15 is 0 Å². The summed E-state index contributed by atoms with van der Waals surface area (Å²) in [6.07, 6.45) is 1.53. The zero-order valence-electron chi connectivity index (χ0n) is 11.7. The van der Waals surface area contributed by atoms with E-state index in [9.17, 15) is 4.79 Å². The number of thiophene rings is 1. The zero-order chi connectivity index (χ0) is 15.1. The highest BCUT2D eigenvalue weighted by Gasteiger charge is 2.33. The summed E-state index contributed by atoms with van der Waals surface area (Å²) in [5, 5.41) is 9.00. The Bertz CT molecular complexity index is 754. The van der Waals surface area contributed by atoms with Crippen molar-refractivity contribution in [3.8, 4) is 0 Å². The molecule has 1 aromatic heterocycles. The van der Waals surface area contributed by atoms with Crippen molar-refractivity contribution >= 4 is 52.0 Å². The minimum atomic E-state index is 0.0553. The fourth-order valence-corrected chi connectivity index (χ4v) is 5.18. The summed E-state index contributed by atoms with van der Waals surface area (Å²) in [5.41, 5.74) is 3.02. The molecule has 0 spiro atoms. The maximum Gasteiger partial charge on any atom is 0.248 e. The van der Waals surface area contributed by atoms with Gasteiger partial charge in [-0.2, -0.15) is 5.10 Å². The Labute approximate surface area is 142 Å². The molecule has 22 heavy (non-hydrogen) atoms. The lowest BCUT2D eigenvalue weighted by Gasteiger charge is -2.28. The number of amides is 1. The molecule has 4 rings (SSSR count). The number of halogens is 1. The van der Waals surface area contributed by atoms with E-state index in [1.807, 2.05) is 23.9 Å². The van der Waals surface area contributed by atoms with Crippen LogP contribution < -0.4 is 5.01 Å². The van der Waals surface area contributed by atoms with E-state index in [2.05, 4.69) is 11.4 Å². The molecule has 0 N–H and O–H groups in total. The Hall–Kier alpha value is -1.30. The van der Waals surface area contributed by atoms with Crippen molar-refractivity contribution in [3.63, 3.8) is 0 Å². The molecular weight excluding hydrogens is 336 g/mol. The van der Waals surface area contributed by atoms with Crippen LogP contribution in [0.2, 0.25) is 5.02 Å². The van der Waals surface area contributed by atoms with E-state index in [0.717, 1.165) is 23.6 Å². The smallest absolute Gasteiger partial charge is 0.248 e. The quantitative estimate of drug-likeness (QED) is 0.751. The van der Waals surface area contributed by atoms with Crippen molar-refractivity contribution < 1.29 is 4.79 Å². The number of carbonyl (C=O) groups excluding carboxylic acids is 1. The number of fused-ring (bicyclic) bond motifs is 3. The summed E-state index contributed by atoms with van der Waals surface area (Å²) in [6.45, 7) is 0. The van der Waals surface area contributed by atoms with Crippen LogP contribution in [0, 0.1) is 5.92 Å². The summed E-state index contributed by atoms with van der Waals surface area (Å²) in [6, 6.07) is 9.38. The highest BCUT2D eigenvalue weighted by Crippen LogP contribution is 2.39. The highest BCUT2D eigenvalue weighted by atomic mass is 35.5. The van der Waals surface area contributed by atoms with Crippen LogP contribution in [0.3, 0.4) is 0 Å². The average molecular weight is 349 g/mol. The first-order chi connectivity index (χ1) is 10.7. The molecule has 6 heteroatoms. The van der Waals surface area contributed by atoms with Gasteiger partial charge < -0.3 is 0 Å². The molecule has 2 aliphatic heterocycles. The van der Waals surface area contributed by atoms with E-state index in [-0.39, 0.29) is 11.8 Å². The van der Waals surface area contributed by atoms with E-state index in [1.54, 1.807) is 23.5 Å². The largest absolute Gasteiger partial charge is 0.273 e. The number of hydrazone groups is 1. The summed E-state index contributed by atoms with van der Waals surface area (Å²) in [7, 11) is 0. The summed E-state index contributed by atoms with van der Waals surface area (Å²) in [5.74, 6) is 1.34. The molecule has 3 heterocycles. The molecule has 112 valence electrons. The fourth-order valence-electron chi connectivity index (χ4n) is 2.83. The molecule has 0 bridgehead atoms. The number of benzene rings is 1. The first-order valence-corrected chi connectivity index (χ1v) is 9.34. The molecule has 3 nitrogen and oxygen atoms in total. The second kappa shape index (κ2) is 5.72. The standard InChI is InChI=1S/C16H13ClN2OS2/c17-11-1-3-12(4-2-11)19-14(20)9-10-5-7-21-16-13(6-8-22-16)15(10)18-19/h1-4,6,8,10H,5,7,9H2. The van der Waals surface area contributed by atoms with Gasteiger partial charge in [-0.05, 0) is 47.9 Å². The van der Waals surface area contributed by atoms with E-state index < -0.39 is 0 Å². The van der Waals surface area contributed by atoms with E-state index in [0.29, 0.717) is 11.4 Å². The maximum atomic E-state index is 12.5. The zero-order valence-corrected chi connectivity index (χ0v) is 14.0. The normalized spacial score (nSPS) is 21.0. The van der Waals surface area contributed by atoms with Crippen LogP contribution in [-0.2, 0) is 4.79 Å². The third-order valence-corrected chi connectivity index (χ3v) is 6.45. The van der Waals surface area contributed by atoms with Crippen LogP contribution in [-0.4, -0.2) is 17.4 Å². The lowest BCUT2D eigenvalue weighted by atomic mass is 9.91. The molecule has 2 aromatic rings. The predicted molar refractivity (Wildman–Crippen MR) is 93.2 cm³/mol. The van der Waals surface area contributed by atoms with Gasteiger partial charge >= 0.3 is 0 Å². The monoisotopic (exact) mass is 348 g/mol. The Balaban J connectivity index is 1.79. The minimum absolute atomic E-state index is 0.0553. The van der Waals surface area contributed by atoms with Gasteiger partial charge in [-0.3, -0.25) is 4.79 Å². The van der Waals surface area contributed by atoms with Gasteiger partial charge in [0.25, 0.3) is 0 Å². The Kier molecular flexibility index (Phi) is 3.72. The molecule has 0 radical (unpaired) electrons. The van der Waals surface area contributed by atoms with Gasteiger partial charge in [0.1, 0.15) is 0 Å². The molecule has 1 amide bonds. The number of anilines is 1. The van der Waals surface area contributed by atoms with Gasteiger partial charge in [-0.25, -0.2) is 5.01 Å². The molecule has 1 aromatic carbocycles. The van der Waals surface area contributed by atoms with Crippen LogP contribution in [0.15, 0.2) is 45.0 Å². The predicted octanol–water partition coefficient (Wildman–Crippen LogP) is 4.65. The number of hydrogen-bond acceptors (Lipinski definition) is 4. The minimum Gasteiger partial charge on any atom is -0.273 e. The lowest BCUT2D eigenvalue weighted by Crippen LogP contribution is -2.37. The van der Waals surface area contributed by atoms with Crippen molar-refractivity contribution in [2.45, 2.75) is 17.1 Å². The lowest BCUT2D eigenvalue weighted by molar-refractivity contribution is -0.119. The van der Waals surface area contributed by atoms with Crippen molar-refractivity contribution in [2.24, 2.45) is 11.0 Å². The number of thioether (sulfide) groups is 1. The molecule has 1 unspecified atom stereocenters. The Morgan fingerprint density at radius 2 is 2.05 bits per heavy atom. The van der Waals surface area contributed by atoms with Gasteiger partial charge in [0.2, 0.25) is 5.91 Å².